The van der Waals surface area contributed by atoms with Crippen LogP contribution in [0.1, 0.15) is 30.5 Å². The van der Waals surface area contributed by atoms with Gasteiger partial charge in [0.15, 0.2) is 0 Å². The molecule has 22 heavy (non-hydrogen) atoms. The van der Waals surface area contributed by atoms with Gasteiger partial charge in [0.25, 0.3) is 23.9 Å². The molecule has 0 saturated heterocycles. The predicted molar refractivity (Wildman–Crippen MR) is 87.9 cm³/mol. The van der Waals surface area contributed by atoms with E-state index in [2.05, 4.69) is 0 Å². The Hall–Kier alpha value is -0.200. The van der Waals surface area contributed by atoms with Gasteiger partial charge in [0.1, 0.15) is 0 Å². The van der Waals surface area contributed by atoms with Crippen molar-refractivity contribution < 1.29 is 42.5 Å². The molecule has 126 valence electrons. The molecule has 0 saturated carbocycles. The van der Waals surface area contributed by atoms with Crippen LogP contribution >= 0.6 is 0 Å². The van der Waals surface area contributed by atoms with Crippen molar-refractivity contribution in [3.63, 3.8) is 0 Å². The number of nitrogens with two attached hydrogens (primary N) is 2. The van der Waals surface area contributed by atoms with E-state index in [1.54, 1.807) is 0 Å². The Morgan fingerprint density at radius 1 is 0.636 bits per heavy atom. The first-order valence-electron chi connectivity index (χ1n) is 5.03. The summed E-state index contributed by atoms with van der Waals surface area (Å²) in [6.45, 7) is 5.53. The van der Waals surface area contributed by atoms with E-state index < -0.39 is 23.9 Å². The Kier molecular flexibility index (Phi) is 83.8. The molecule has 0 rings (SSSR count). The van der Waals surface area contributed by atoms with Crippen molar-refractivity contribution in [2.75, 3.05) is 13.1 Å². The number of rotatable bonds is 1. The molecule has 0 aromatic rings. The van der Waals surface area contributed by atoms with E-state index in [-0.39, 0.29) is 62.0 Å². The van der Waals surface area contributed by atoms with Crippen LogP contribution in [0.3, 0.4) is 0 Å². The molecule has 0 unspecified atom stereocenters. The molecule has 0 aromatic heterocycles. The zero-order valence-electron chi connectivity index (χ0n) is 14.0. The number of hydrogen-bond donors (Lipinski definition) is 6. The van der Waals surface area contributed by atoms with Crippen molar-refractivity contribution >= 4 is 83.0 Å². The van der Waals surface area contributed by atoms with Gasteiger partial charge in [-0.3, -0.25) is 19.2 Å². The van der Waals surface area contributed by atoms with Gasteiger partial charge in [-0.2, -0.15) is 0 Å². The first kappa shape index (κ1) is 43.1. The zero-order valence-corrected chi connectivity index (χ0v) is 12.0. The molecular weight excluding hydrogens is 322 g/mol. The second-order valence-electron chi connectivity index (χ2n) is 2.65. The molecule has 12 heteroatoms. The minimum atomic E-state index is -0.833. The Balaban J connectivity index is -0.0000000161. The molecule has 0 spiro atoms. The van der Waals surface area contributed by atoms with Gasteiger partial charge in [-0.1, -0.05) is 0 Å². The van der Waals surface area contributed by atoms with Crippen molar-refractivity contribution in [3.05, 3.63) is 0 Å². The number of carboxylic acid groups (broad SMARTS) is 4. The Bertz CT molecular complexity index is 209. The van der Waals surface area contributed by atoms with Crippen LogP contribution in [-0.4, -0.2) is 117 Å². The molecule has 0 radical (unpaired) electrons. The SMILES string of the molecule is CC(=O)O.CC(=O)O.CC(=O)O.CC(=O)O.NCCN.[H+].[H+].[NaH].[NaH]. The summed E-state index contributed by atoms with van der Waals surface area (Å²) in [6, 6.07) is 0. The van der Waals surface area contributed by atoms with Crippen molar-refractivity contribution in [3.8, 4) is 0 Å². The Morgan fingerprint density at radius 2 is 0.682 bits per heavy atom. The summed E-state index contributed by atoms with van der Waals surface area (Å²) >= 11 is 0. The average Bonchev–Trinajstić information content (AvgIpc) is 2.13. The summed E-state index contributed by atoms with van der Waals surface area (Å²) in [4.78, 5) is 36.0. The summed E-state index contributed by atoms with van der Waals surface area (Å²) < 4.78 is 0. The quantitative estimate of drug-likeness (QED) is 0.293. The van der Waals surface area contributed by atoms with Crippen LogP contribution in [0.5, 0.6) is 0 Å². The first-order chi connectivity index (χ1) is 8.84. The van der Waals surface area contributed by atoms with E-state index in [1.165, 1.54) is 0 Å². The molecular formula is C10H28N2Na2O8+2. The second kappa shape index (κ2) is 42.8. The number of hydrogen-bond acceptors (Lipinski definition) is 6. The van der Waals surface area contributed by atoms with E-state index in [0.717, 1.165) is 27.7 Å². The van der Waals surface area contributed by atoms with Crippen LogP contribution in [0.25, 0.3) is 0 Å². The van der Waals surface area contributed by atoms with Gasteiger partial charge < -0.3 is 31.9 Å². The molecule has 0 aliphatic rings. The van der Waals surface area contributed by atoms with E-state index in [1.807, 2.05) is 0 Å². The maximum absolute atomic E-state index is 9.00. The van der Waals surface area contributed by atoms with Gasteiger partial charge >= 0.3 is 62.0 Å². The first-order valence-corrected chi connectivity index (χ1v) is 5.03. The van der Waals surface area contributed by atoms with Gasteiger partial charge in [0.05, 0.1) is 0 Å². The van der Waals surface area contributed by atoms with Crippen LogP contribution < -0.4 is 11.5 Å². The maximum atomic E-state index is 9.00. The summed E-state index contributed by atoms with van der Waals surface area (Å²) in [5, 5.41) is 29.7. The van der Waals surface area contributed by atoms with Crippen molar-refractivity contribution in [1.29, 1.82) is 0 Å². The van der Waals surface area contributed by atoms with Crippen LogP contribution in [0.4, 0.5) is 0 Å². The summed E-state index contributed by atoms with van der Waals surface area (Å²) in [7, 11) is 0. The van der Waals surface area contributed by atoms with Gasteiger partial charge in [-0.05, 0) is 0 Å². The van der Waals surface area contributed by atoms with E-state index in [0.29, 0.717) is 13.1 Å². The third-order valence-electron chi connectivity index (χ3n) is 0.167. The summed E-state index contributed by atoms with van der Waals surface area (Å²) in [5.41, 5.74) is 9.81. The van der Waals surface area contributed by atoms with Crippen molar-refractivity contribution in [1.82, 2.24) is 0 Å². The van der Waals surface area contributed by atoms with Crippen LogP contribution in [0.15, 0.2) is 0 Å². The van der Waals surface area contributed by atoms with Gasteiger partial charge in [-0.25, -0.2) is 0 Å². The van der Waals surface area contributed by atoms with Gasteiger partial charge in [-0.15, -0.1) is 0 Å². The molecule has 0 fully saturated rings. The molecule has 0 amide bonds. The molecule has 8 N–H and O–H groups in total. The van der Waals surface area contributed by atoms with Gasteiger partial charge in [0.2, 0.25) is 0 Å². The molecule has 0 bridgehead atoms. The zero-order chi connectivity index (χ0) is 17.7. The van der Waals surface area contributed by atoms with E-state index in [9.17, 15) is 0 Å². The Labute approximate surface area is 176 Å². The third kappa shape index (κ3) is 10900. The monoisotopic (exact) mass is 350 g/mol. The second-order valence-corrected chi connectivity index (χ2v) is 2.65. The van der Waals surface area contributed by atoms with Crippen molar-refractivity contribution in [2.24, 2.45) is 11.5 Å². The van der Waals surface area contributed by atoms with Crippen LogP contribution in [0, 0.1) is 0 Å². The fourth-order valence-corrected chi connectivity index (χ4v) is 0. The minimum absolute atomic E-state index is 0. The topological polar surface area (TPSA) is 201 Å². The van der Waals surface area contributed by atoms with Crippen LogP contribution in [0.2, 0.25) is 0 Å². The fourth-order valence-electron chi connectivity index (χ4n) is 0. The van der Waals surface area contributed by atoms with E-state index in [4.69, 9.17) is 51.1 Å². The van der Waals surface area contributed by atoms with E-state index >= 15 is 0 Å². The average molecular weight is 350 g/mol. The van der Waals surface area contributed by atoms with Crippen molar-refractivity contribution in [2.45, 2.75) is 27.7 Å². The van der Waals surface area contributed by atoms with Gasteiger partial charge in [0, 0.05) is 40.8 Å². The standard InChI is InChI=1S/C2H8N2.4C2H4O2.2Na.2H/c3-1-2-4;4*1-2(3)4;;;;/h1-4H2;4*1H3,(H,3,4);;;;/p+2. The number of aliphatic carboxylic acids is 4. The third-order valence-corrected chi connectivity index (χ3v) is 0.167. The molecule has 0 aromatic carbocycles. The summed E-state index contributed by atoms with van der Waals surface area (Å²) in [6.07, 6.45) is 0. The predicted octanol–water partition coefficient (Wildman–Crippen LogP) is -1.80. The number of carbonyl (C=O) groups is 4. The molecule has 0 heterocycles. The fraction of sp³-hybridized carbons (Fsp3) is 0.600. The van der Waals surface area contributed by atoms with Crippen LogP contribution in [-0.2, 0) is 19.2 Å². The summed E-state index contributed by atoms with van der Waals surface area (Å²) in [5.74, 6) is -3.33. The molecule has 0 aliphatic heterocycles. The molecule has 0 aliphatic carbocycles. The molecule has 10 nitrogen and oxygen atoms in total. The number of carboxylic acids is 4. The Morgan fingerprint density at radius 3 is 0.682 bits per heavy atom. The molecule has 0 atom stereocenters. The normalized spacial score (nSPS) is 5.91.